The Kier molecular flexibility index (Phi) is 3.85. The number of fused-ring (bicyclic) bond motifs is 5. The number of hydrogen-bond acceptors (Lipinski definition) is 3. The SMILES string of the molecule is COC(=O)c1ccccc1-c1cc2ccccc2c2c1oc1ccc(Cl)cc12. The van der Waals surface area contributed by atoms with Crippen LogP contribution in [0, 0.1) is 0 Å². The van der Waals surface area contributed by atoms with Gasteiger partial charge in [0, 0.05) is 21.4 Å². The fourth-order valence-electron chi connectivity index (χ4n) is 3.80. The summed E-state index contributed by atoms with van der Waals surface area (Å²) in [4.78, 5) is 12.4. The maximum atomic E-state index is 12.4. The molecule has 0 radical (unpaired) electrons. The van der Waals surface area contributed by atoms with Gasteiger partial charge in [-0.25, -0.2) is 4.79 Å². The van der Waals surface area contributed by atoms with E-state index in [1.165, 1.54) is 7.11 Å². The molecule has 0 saturated carbocycles. The predicted octanol–water partition coefficient (Wildman–Crippen LogP) is 6.85. The van der Waals surface area contributed by atoms with Crippen LogP contribution in [0.1, 0.15) is 10.4 Å². The number of carbonyl (C=O) groups is 1. The molecule has 0 aliphatic heterocycles. The quantitative estimate of drug-likeness (QED) is 0.311. The highest BCUT2D eigenvalue weighted by atomic mass is 35.5. The summed E-state index contributed by atoms with van der Waals surface area (Å²) in [6.07, 6.45) is 0. The van der Waals surface area contributed by atoms with Gasteiger partial charge in [0.05, 0.1) is 12.7 Å². The maximum absolute atomic E-state index is 12.4. The third-order valence-electron chi connectivity index (χ3n) is 5.05. The molecular weight excluding hydrogens is 372 g/mol. The van der Waals surface area contributed by atoms with Crippen LogP contribution in [0.15, 0.2) is 77.2 Å². The standard InChI is InChI=1S/C24H15ClO3/c1-27-24(26)18-9-5-4-8-17(18)19-12-14-6-2-3-7-16(14)22-20-13-15(25)10-11-21(20)28-23(19)22/h2-13H,1H3. The Morgan fingerprint density at radius 1 is 0.893 bits per heavy atom. The molecule has 4 heteroatoms. The van der Waals surface area contributed by atoms with E-state index < -0.39 is 0 Å². The summed E-state index contributed by atoms with van der Waals surface area (Å²) in [5.74, 6) is -0.379. The topological polar surface area (TPSA) is 39.4 Å². The average Bonchev–Trinajstić information content (AvgIpc) is 3.11. The lowest BCUT2D eigenvalue weighted by Crippen LogP contribution is -2.03. The summed E-state index contributed by atoms with van der Waals surface area (Å²) < 4.78 is 11.2. The normalized spacial score (nSPS) is 11.4. The third-order valence-corrected chi connectivity index (χ3v) is 5.28. The van der Waals surface area contributed by atoms with Crippen LogP contribution < -0.4 is 0 Å². The highest BCUT2D eigenvalue weighted by Gasteiger charge is 2.20. The van der Waals surface area contributed by atoms with Gasteiger partial charge in [0.15, 0.2) is 0 Å². The van der Waals surface area contributed by atoms with Crippen LogP contribution in [0.3, 0.4) is 0 Å². The Morgan fingerprint density at radius 3 is 2.54 bits per heavy atom. The van der Waals surface area contributed by atoms with Crippen molar-refractivity contribution in [2.24, 2.45) is 0 Å². The van der Waals surface area contributed by atoms with Gasteiger partial charge in [-0.15, -0.1) is 0 Å². The van der Waals surface area contributed by atoms with Crippen molar-refractivity contribution in [2.75, 3.05) is 7.11 Å². The number of methoxy groups -OCH3 is 1. The van der Waals surface area contributed by atoms with Crippen molar-refractivity contribution >= 4 is 50.3 Å². The van der Waals surface area contributed by atoms with E-state index in [0.29, 0.717) is 10.6 Å². The molecule has 0 fully saturated rings. The Labute approximate surface area is 166 Å². The number of carbonyl (C=O) groups excluding carboxylic acids is 1. The van der Waals surface area contributed by atoms with E-state index in [-0.39, 0.29) is 5.97 Å². The van der Waals surface area contributed by atoms with Gasteiger partial charge in [0.2, 0.25) is 0 Å². The minimum Gasteiger partial charge on any atom is -0.465 e. The average molecular weight is 387 g/mol. The van der Waals surface area contributed by atoms with Gasteiger partial charge in [-0.05, 0) is 46.7 Å². The van der Waals surface area contributed by atoms with Crippen LogP contribution in [0.4, 0.5) is 0 Å². The zero-order valence-electron chi connectivity index (χ0n) is 15.0. The van der Waals surface area contributed by atoms with Crippen LogP contribution in [-0.2, 0) is 4.74 Å². The van der Waals surface area contributed by atoms with Gasteiger partial charge in [0.1, 0.15) is 11.2 Å². The number of hydrogen-bond donors (Lipinski definition) is 0. The monoisotopic (exact) mass is 386 g/mol. The first kappa shape index (κ1) is 16.8. The molecule has 5 rings (SSSR count). The van der Waals surface area contributed by atoms with Gasteiger partial charge in [-0.3, -0.25) is 0 Å². The number of halogens is 1. The minimum absolute atomic E-state index is 0.379. The molecule has 3 nitrogen and oxygen atoms in total. The number of rotatable bonds is 2. The van der Waals surface area contributed by atoms with Crippen molar-refractivity contribution in [3.63, 3.8) is 0 Å². The largest absolute Gasteiger partial charge is 0.465 e. The lowest BCUT2D eigenvalue weighted by atomic mass is 9.94. The van der Waals surface area contributed by atoms with E-state index in [4.69, 9.17) is 20.8 Å². The maximum Gasteiger partial charge on any atom is 0.338 e. The molecule has 1 aromatic heterocycles. The lowest BCUT2D eigenvalue weighted by molar-refractivity contribution is 0.0601. The minimum atomic E-state index is -0.379. The fourth-order valence-corrected chi connectivity index (χ4v) is 3.98. The molecule has 1 heterocycles. The molecule has 0 spiro atoms. The number of esters is 1. The Balaban J connectivity index is 1.98. The van der Waals surface area contributed by atoms with E-state index in [0.717, 1.165) is 43.8 Å². The summed E-state index contributed by atoms with van der Waals surface area (Å²) in [5.41, 5.74) is 3.61. The zero-order valence-corrected chi connectivity index (χ0v) is 15.8. The first-order valence-corrected chi connectivity index (χ1v) is 9.26. The summed E-state index contributed by atoms with van der Waals surface area (Å²) in [6, 6.07) is 23.2. The number of furan rings is 1. The molecule has 0 amide bonds. The van der Waals surface area contributed by atoms with E-state index >= 15 is 0 Å². The highest BCUT2D eigenvalue weighted by Crippen LogP contribution is 2.42. The fraction of sp³-hybridized carbons (Fsp3) is 0.0417. The van der Waals surface area contributed by atoms with Crippen LogP contribution >= 0.6 is 11.6 Å². The smallest absolute Gasteiger partial charge is 0.338 e. The van der Waals surface area contributed by atoms with Gasteiger partial charge >= 0.3 is 5.97 Å². The molecule has 0 atom stereocenters. The first-order chi connectivity index (χ1) is 13.7. The number of benzene rings is 4. The highest BCUT2D eigenvalue weighted by molar-refractivity contribution is 6.32. The molecule has 0 N–H and O–H groups in total. The second-order valence-corrected chi connectivity index (χ2v) is 7.07. The molecule has 0 saturated heterocycles. The lowest BCUT2D eigenvalue weighted by Gasteiger charge is -2.10. The molecule has 5 aromatic rings. The Morgan fingerprint density at radius 2 is 1.68 bits per heavy atom. The van der Waals surface area contributed by atoms with Crippen LogP contribution in [0.2, 0.25) is 5.02 Å². The Hall–Kier alpha value is -3.30. The molecule has 0 bridgehead atoms. The molecule has 28 heavy (non-hydrogen) atoms. The van der Waals surface area contributed by atoms with Crippen molar-refractivity contribution < 1.29 is 13.9 Å². The van der Waals surface area contributed by atoms with E-state index in [1.807, 2.05) is 48.5 Å². The van der Waals surface area contributed by atoms with Crippen molar-refractivity contribution in [1.29, 1.82) is 0 Å². The van der Waals surface area contributed by atoms with E-state index in [9.17, 15) is 4.79 Å². The number of ether oxygens (including phenoxy) is 1. The molecule has 0 aliphatic rings. The van der Waals surface area contributed by atoms with Gasteiger partial charge < -0.3 is 9.15 Å². The van der Waals surface area contributed by atoms with E-state index in [2.05, 4.69) is 18.2 Å². The second-order valence-electron chi connectivity index (χ2n) is 6.63. The molecule has 136 valence electrons. The molecular formula is C24H15ClO3. The van der Waals surface area contributed by atoms with Gasteiger partial charge in [-0.2, -0.15) is 0 Å². The van der Waals surface area contributed by atoms with Crippen molar-refractivity contribution in [3.8, 4) is 11.1 Å². The van der Waals surface area contributed by atoms with E-state index in [1.54, 1.807) is 6.07 Å². The summed E-state index contributed by atoms with van der Waals surface area (Å²) in [7, 11) is 1.39. The summed E-state index contributed by atoms with van der Waals surface area (Å²) in [6.45, 7) is 0. The van der Waals surface area contributed by atoms with Gasteiger partial charge in [0.25, 0.3) is 0 Å². The van der Waals surface area contributed by atoms with Crippen LogP contribution in [0.25, 0.3) is 43.8 Å². The Bertz CT molecular complexity index is 1380. The van der Waals surface area contributed by atoms with Crippen LogP contribution in [-0.4, -0.2) is 13.1 Å². The van der Waals surface area contributed by atoms with Crippen molar-refractivity contribution in [1.82, 2.24) is 0 Å². The molecule has 4 aromatic carbocycles. The zero-order chi connectivity index (χ0) is 19.3. The second kappa shape index (κ2) is 6.39. The van der Waals surface area contributed by atoms with Gasteiger partial charge in [-0.1, -0.05) is 54.1 Å². The van der Waals surface area contributed by atoms with Crippen molar-refractivity contribution in [3.05, 3.63) is 83.4 Å². The first-order valence-electron chi connectivity index (χ1n) is 8.88. The summed E-state index contributed by atoms with van der Waals surface area (Å²) >= 11 is 6.27. The van der Waals surface area contributed by atoms with Crippen LogP contribution in [0.5, 0.6) is 0 Å². The molecule has 0 aliphatic carbocycles. The predicted molar refractivity (Wildman–Crippen MR) is 113 cm³/mol. The van der Waals surface area contributed by atoms with Crippen molar-refractivity contribution in [2.45, 2.75) is 0 Å². The summed E-state index contributed by atoms with van der Waals surface area (Å²) in [5, 5.41) is 4.74. The molecule has 0 unspecified atom stereocenters. The third kappa shape index (κ3) is 2.48.